The average molecular weight is 308 g/mol. The molecule has 2 unspecified atom stereocenters. The standard InChI is InChI=1S/C14H14ClN3O3/c15-10-6-8(7-16)4-5-12(10)18-14(21)17-11-3-1-2-9(11)13(19)20/h4-6,9,11H,1-3H2,(H,19,20)(H2,17,18,21). The van der Waals surface area contributed by atoms with E-state index in [2.05, 4.69) is 10.6 Å². The average Bonchev–Trinajstić information content (AvgIpc) is 2.89. The van der Waals surface area contributed by atoms with Crippen molar-refractivity contribution < 1.29 is 14.7 Å². The second-order valence-corrected chi connectivity index (χ2v) is 5.29. The minimum Gasteiger partial charge on any atom is -0.481 e. The van der Waals surface area contributed by atoms with Crippen molar-refractivity contribution in [2.45, 2.75) is 25.3 Å². The van der Waals surface area contributed by atoms with Gasteiger partial charge in [-0.15, -0.1) is 0 Å². The zero-order valence-electron chi connectivity index (χ0n) is 11.1. The van der Waals surface area contributed by atoms with Crippen LogP contribution in [0.2, 0.25) is 5.02 Å². The molecule has 110 valence electrons. The van der Waals surface area contributed by atoms with E-state index in [4.69, 9.17) is 22.0 Å². The predicted molar refractivity (Wildman–Crippen MR) is 77.1 cm³/mol. The first-order valence-corrected chi connectivity index (χ1v) is 6.89. The number of carboxylic acid groups (broad SMARTS) is 1. The van der Waals surface area contributed by atoms with Crippen LogP contribution in [0.3, 0.4) is 0 Å². The molecule has 0 aromatic heterocycles. The molecular weight excluding hydrogens is 294 g/mol. The Morgan fingerprint density at radius 2 is 2.14 bits per heavy atom. The summed E-state index contributed by atoms with van der Waals surface area (Å²) in [5, 5.41) is 23.3. The minimum atomic E-state index is -0.894. The number of carboxylic acids is 1. The fourth-order valence-electron chi connectivity index (χ4n) is 2.44. The van der Waals surface area contributed by atoms with Gasteiger partial charge in [0.2, 0.25) is 0 Å². The van der Waals surface area contributed by atoms with Crippen molar-refractivity contribution in [1.29, 1.82) is 5.26 Å². The minimum absolute atomic E-state index is 0.255. The topological polar surface area (TPSA) is 102 Å². The highest BCUT2D eigenvalue weighted by atomic mass is 35.5. The molecule has 1 aliphatic rings. The van der Waals surface area contributed by atoms with E-state index >= 15 is 0 Å². The largest absolute Gasteiger partial charge is 0.481 e. The van der Waals surface area contributed by atoms with Crippen LogP contribution in [-0.2, 0) is 4.79 Å². The number of amides is 2. The number of halogens is 1. The maximum Gasteiger partial charge on any atom is 0.319 e. The Morgan fingerprint density at radius 3 is 2.76 bits per heavy atom. The van der Waals surface area contributed by atoms with Gasteiger partial charge in [0.1, 0.15) is 0 Å². The second-order valence-electron chi connectivity index (χ2n) is 4.89. The molecular formula is C14H14ClN3O3. The lowest BCUT2D eigenvalue weighted by Gasteiger charge is -2.18. The summed E-state index contributed by atoms with van der Waals surface area (Å²) in [6.45, 7) is 0. The zero-order chi connectivity index (χ0) is 15.4. The van der Waals surface area contributed by atoms with E-state index in [0.717, 1.165) is 6.42 Å². The molecule has 0 heterocycles. The molecule has 7 heteroatoms. The molecule has 1 aromatic rings. The molecule has 0 saturated heterocycles. The first kappa shape index (κ1) is 15.1. The van der Waals surface area contributed by atoms with Crippen molar-refractivity contribution in [1.82, 2.24) is 5.32 Å². The van der Waals surface area contributed by atoms with Gasteiger partial charge < -0.3 is 15.7 Å². The van der Waals surface area contributed by atoms with Gasteiger partial charge in [-0.2, -0.15) is 5.26 Å². The van der Waals surface area contributed by atoms with Crippen LogP contribution in [0.5, 0.6) is 0 Å². The first-order chi connectivity index (χ1) is 10.0. The smallest absolute Gasteiger partial charge is 0.319 e. The fourth-order valence-corrected chi connectivity index (χ4v) is 2.67. The Morgan fingerprint density at radius 1 is 1.38 bits per heavy atom. The first-order valence-electron chi connectivity index (χ1n) is 6.51. The fraction of sp³-hybridized carbons (Fsp3) is 0.357. The normalized spacial score (nSPS) is 20.6. The van der Waals surface area contributed by atoms with Gasteiger partial charge in [0.15, 0.2) is 0 Å². The van der Waals surface area contributed by atoms with Gasteiger partial charge in [0.05, 0.1) is 28.3 Å². The number of benzene rings is 1. The number of rotatable bonds is 3. The Balaban J connectivity index is 1.99. The molecule has 0 bridgehead atoms. The lowest BCUT2D eigenvalue weighted by atomic mass is 10.0. The second kappa shape index (κ2) is 6.46. The Labute approximate surface area is 126 Å². The van der Waals surface area contributed by atoms with Gasteiger partial charge in [0.25, 0.3) is 0 Å². The summed E-state index contributed by atoms with van der Waals surface area (Å²) in [7, 11) is 0. The third-order valence-corrected chi connectivity index (χ3v) is 3.81. The van der Waals surface area contributed by atoms with Crippen LogP contribution in [0.25, 0.3) is 0 Å². The summed E-state index contributed by atoms with van der Waals surface area (Å²) < 4.78 is 0. The van der Waals surface area contributed by atoms with E-state index in [1.54, 1.807) is 0 Å². The summed E-state index contributed by atoms with van der Waals surface area (Å²) >= 11 is 5.96. The van der Waals surface area contributed by atoms with Crippen molar-refractivity contribution in [3.8, 4) is 6.07 Å². The summed E-state index contributed by atoms with van der Waals surface area (Å²) in [4.78, 5) is 23.0. The highest BCUT2D eigenvalue weighted by Gasteiger charge is 2.33. The highest BCUT2D eigenvalue weighted by molar-refractivity contribution is 6.33. The SMILES string of the molecule is N#Cc1ccc(NC(=O)NC2CCCC2C(=O)O)c(Cl)c1. The molecule has 2 atom stereocenters. The van der Waals surface area contributed by atoms with Crippen molar-refractivity contribution in [3.63, 3.8) is 0 Å². The molecule has 3 N–H and O–H groups in total. The Bertz CT molecular complexity index is 612. The van der Waals surface area contributed by atoms with E-state index in [-0.39, 0.29) is 11.1 Å². The molecule has 0 spiro atoms. The van der Waals surface area contributed by atoms with E-state index in [1.165, 1.54) is 18.2 Å². The van der Waals surface area contributed by atoms with E-state index in [9.17, 15) is 9.59 Å². The number of hydrogen-bond acceptors (Lipinski definition) is 3. The number of anilines is 1. The van der Waals surface area contributed by atoms with Crippen molar-refractivity contribution in [3.05, 3.63) is 28.8 Å². The number of nitrogens with one attached hydrogen (secondary N) is 2. The van der Waals surface area contributed by atoms with Crippen molar-refractivity contribution in [2.75, 3.05) is 5.32 Å². The summed E-state index contributed by atoms with van der Waals surface area (Å²) in [5.41, 5.74) is 0.769. The van der Waals surface area contributed by atoms with Crippen LogP contribution >= 0.6 is 11.6 Å². The highest BCUT2D eigenvalue weighted by Crippen LogP contribution is 2.26. The number of carbonyl (C=O) groups is 2. The lowest BCUT2D eigenvalue weighted by Crippen LogP contribution is -2.42. The van der Waals surface area contributed by atoms with Gasteiger partial charge in [-0.1, -0.05) is 18.0 Å². The summed E-state index contributed by atoms with van der Waals surface area (Å²) in [6, 6.07) is 5.59. The maximum atomic E-state index is 11.9. The number of nitrogens with zero attached hydrogens (tertiary/aromatic N) is 1. The summed E-state index contributed by atoms with van der Waals surface area (Å²) in [5.74, 6) is -1.44. The third-order valence-electron chi connectivity index (χ3n) is 3.50. The van der Waals surface area contributed by atoms with Crippen LogP contribution in [0.1, 0.15) is 24.8 Å². The predicted octanol–water partition coefficient (Wildman–Crippen LogP) is 2.59. The summed E-state index contributed by atoms with van der Waals surface area (Å²) in [6.07, 6.45) is 1.99. The van der Waals surface area contributed by atoms with Crippen LogP contribution in [0.4, 0.5) is 10.5 Å². The molecule has 1 saturated carbocycles. The molecule has 2 rings (SSSR count). The molecule has 0 radical (unpaired) electrons. The zero-order valence-corrected chi connectivity index (χ0v) is 11.9. The van der Waals surface area contributed by atoms with Gasteiger partial charge in [-0.25, -0.2) is 4.79 Å². The number of carbonyl (C=O) groups excluding carboxylic acids is 1. The van der Waals surface area contributed by atoms with Crippen LogP contribution in [0.15, 0.2) is 18.2 Å². The van der Waals surface area contributed by atoms with E-state index in [0.29, 0.717) is 24.1 Å². The molecule has 1 aliphatic carbocycles. The lowest BCUT2D eigenvalue weighted by molar-refractivity contribution is -0.142. The Kier molecular flexibility index (Phi) is 4.66. The van der Waals surface area contributed by atoms with E-state index in [1.807, 2.05) is 6.07 Å². The van der Waals surface area contributed by atoms with Gasteiger partial charge >= 0.3 is 12.0 Å². The molecule has 0 aliphatic heterocycles. The molecule has 6 nitrogen and oxygen atoms in total. The number of hydrogen-bond donors (Lipinski definition) is 3. The molecule has 2 amide bonds. The van der Waals surface area contributed by atoms with E-state index < -0.39 is 17.9 Å². The van der Waals surface area contributed by atoms with Crippen LogP contribution in [0, 0.1) is 17.2 Å². The van der Waals surface area contributed by atoms with Gasteiger partial charge in [-0.3, -0.25) is 4.79 Å². The maximum absolute atomic E-state index is 11.9. The molecule has 1 fully saturated rings. The molecule has 21 heavy (non-hydrogen) atoms. The Hall–Kier alpha value is -2.26. The van der Waals surface area contributed by atoms with Crippen molar-refractivity contribution >= 4 is 29.3 Å². The van der Waals surface area contributed by atoms with Gasteiger partial charge in [-0.05, 0) is 31.0 Å². The van der Waals surface area contributed by atoms with Crippen molar-refractivity contribution in [2.24, 2.45) is 5.92 Å². The quantitative estimate of drug-likeness (QED) is 0.798. The van der Waals surface area contributed by atoms with Crippen LogP contribution in [-0.4, -0.2) is 23.1 Å². The van der Waals surface area contributed by atoms with Crippen LogP contribution < -0.4 is 10.6 Å². The third kappa shape index (κ3) is 3.64. The van der Waals surface area contributed by atoms with Gasteiger partial charge in [0, 0.05) is 6.04 Å². The monoisotopic (exact) mass is 307 g/mol. The number of urea groups is 1. The number of nitriles is 1. The molecule has 1 aromatic carbocycles. The number of aliphatic carboxylic acids is 1.